The molecule has 0 aliphatic rings. The Labute approximate surface area is 124 Å². The standard InChI is InChI=1S/C17H31N3/c1-6-16(7-2)20(12-13(3)4)17(14(5)18)15-8-10-19-11-9-15/h8-11,13-14,16-17H,6-7,12,18H2,1-5H3. The van der Waals surface area contributed by atoms with Crippen LogP contribution in [0.15, 0.2) is 24.5 Å². The molecule has 1 rings (SSSR count). The van der Waals surface area contributed by atoms with Gasteiger partial charge in [-0.1, -0.05) is 27.7 Å². The average molecular weight is 277 g/mol. The first-order valence-corrected chi connectivity index (χ1v) is 7.92. The maximum atomic E-state index is 6.33. The first-order valence-electron chi connectivity index (χ1n) is 7.92. The van der Waals surface area contributed by atoms with Gasteiger partial charge >= 0.3 is 0 Å². The van der Waals surface area contributed by atoms with Gasteiger partial charge in [0.1, 0.15) is 0 Å². The Bertz CT molecular complexity index is 358. The van der Waals surface area contributed by atoms with Crippen LogP contribution in [0.2, 0.25) is 0 Å². The first kappa shape index (κ1) is 17.1. The third-order valence-corrected chi connectivity index (χ3v) is 3.89. The van der Waals surface area contributed by atoms with Crippen molar-refractivity contribution in [3.05, 3.63) is 30.1 Å². The monoisotopic (exact) mass is 277 g/mol. The van der Waals surface area contributed by atoms with Crippen LogP contribution in [0.3, 0.4) is 0 Å². The van der Waals surface area contributed by atoms with Crippen molar-refractivity contribution in [2.45, 2.75) is 65.6 Å². The van der Waals surface area contributed by atoms with Crippen LogP contribution < -0.4 is 5.73 Å². The van der Waals surface area contributed by atoms with Crippen LogP contribution in [0, 0.1) is 5.92 Å². The summed E-state index contributed by atoms with van der Waals surface area (Å²) in [5.74, 6) is 0.638. The van der Waals surface area contributed by atoms with E-state index in [-0.39, 0.29) is 12.1 Å². The fourth-order valence-corrected chi connectivity index (χ4v) is 3.03. The molecule has 0 fully saturated rings. The van der Waals surface area contributed by atoms with Crippen molar-refractivity contribution in [3.8, 4) is 0 Å². The summed E-state index contributed by atoms with van der Waals surface area (Å²) in [7, 11) is 0. The highest BCUT2D eigenvalue weighted by atomic mass is 15.2. The Hall–Kier alpha value is -0.930. The number of pyridine rings is 1. The number of hydrogen-bond donors (Lipinski definition) is 1. The molecular formula is C17H31N3. The molecule has 1 aromatic rings. The molecule has 20 heavy (non-hydrogen) atoms. The van der Waals surface area contributed by atoms with Gasteiger partial charge in [0.05, 0.1) is 6.04 Å². The zero-order valence-electron chi connectivity index (χ0n) is 13.7. The van der Waals surface area contributed by atoms with Crippen molar-refractivity contribution in [2.75, 3.05) is 6.54 Å². The molecule has 0 amide bonds. The summed E-state index contributed by atoms with van der Waals surface area (Å²) in [4.78, 5) is 6.74. The molecule has 0 spiro atoms. The molecule has 3 nitrogen and oxygen atoms in total. The average Bonchev–Trinajstić information content (AvgIpc) is 2.40. The number of hydrogen-bond acceptors (Lipinski definition) is 3. The van der Waals surface area contributed by atoms with Crippen LogP contribution in [-0.4, -0.2) is 28.5 Å². The summed E-state index contributed by atoms with van der Waals surface area (Å²) < 4.78 is 0. The van der Waals surface area contributed by atoms with E-state index in [1.54, 1.807) is 0 Å². The molecule has 1 aromatic heterocycles. The highest BCUT2D eigenvalue weighted by molar-refractivity contribution is 5.17. The first-order chi connectivity index (χ1) is 9.51. The molecule has 2 N–H and O–H groups in total. The zero-order valence-corrected chi connectivity index (χ0v) is 13.7. The molecule has 0 bridgehead atoms. The van der Waals surface area contributed by atoms with Crippen LogP contribution in [-0.2, 0) is 0 Å². The molecule has 3 heteroatoms. The molecule has 0 saturated carbocycles. The Morgan fingerprint density at radius 1 is 1.10 bits per heavy atom. The molecule has 2 unspecified atom stereocenters. The van der Waals surface area contributed by atoms with E-state index in [0.717, 1.165) is 19.4 Å². The maximum absolute atomic E-state index is 6.33. The number of aromatic nitrogens is 1. The van der Waals surface area contributed by atoms with Gasteiger partial charge in [-0.15, -0.1) is 0 Å². The van der Waals surface area contributed by atoms with E-state index in [1.807, 2.05) is 12.4 Å². The normalized spacial score (nSPS) is 15.1. The molecule has 0 aliphatic carbocycles. The fourth-order valence-electron chi connectivity index (χ4n) is 3.03. The molecule has 2 atom stereocenters. The third kappa shape index (κ3) is 4.57. The van der Waals surface area contributed by atoms with Gasteiger partial charge in [0.15, 0.2) is 0 Å². The second-order valence-corrected chi connectivity index (χ2v) is 6.15. The van der Waals surface area contributed by atoms with Gasteiger partial charge in [0, 0.05) is 31.0 Å². The second-order valence-electron chi connectivity index (χ2n) is 6.15. The van der Waals surface area contributed by atoms with E-state index in [4.69, 9.17) is 5.73 Å². The molecule has 0 radical (unpaired) electrons. The number of rotatable bonds is 8. The number of nitrogens with zero attached hydrogens (tertiary/aromatic N) is 2. The summed E-state index contributed by atoms with van der Waals surface area (Å²) in [5.41, 5.74) is 7.61. The highest BCUT2D eigenvalue weighted by Gasteiger charge is 2.28. The van der Waals surface area contributed by atoms with Crippen molar-refractivity contribution >= 4 is 0 Å². The molecule has 0 aliphatic heterocycles. The fraction of sp³-hybridized carbons (Fsp3) is 0.706. The smallest absolute Gasteiger partial charge is 0.0500 e. The summed E-state index contributed by atoms with van der Waals surface area (Å²) in [5, 5.41) is 0. The lowest BCUT2D eigenvalue weighted by molar-refractivity contribution is 0.0954. The van der Waals surface area contributed by atoms with Gasteiger partial charge in [-0.2, -0.15) is 0 Å². The molecule has 0 aromatic carbocycles. The SMILES string of the molecule is CCC(CC)N(CC(C)C)C(c1ccncc1)C(C)N. The Morgan fingerprint density at radius 3 is 2.05 bits per heavy atom. The molecule has 0 saturated heterocycles. The van der Waals surface area contributed by atoms with Gasteiger partial charge in [-0.25, -0.2) is 0 Å². The van der Waals surface area contributed by atoms with Crippen LogP contribution in [0.25, 0.3) is 0 Å². The van der Waals surface area contributed by atoms with E-state index in [1.165, 1.54) is 5.56 Å². The van der Waals surface area contributed by atoms with Crippen LogP contribution in [0.1, 0.15) is 59.1 Å². The van der Waals surface area contributed by atoms with Gasteiger partial charge < -0.3 is 5.73 Å². The van der Waals surface area contributed by atoms with Gasteiger partial charge in [0.25, 0.3) is 0 Å². The summed E-state index contributed by atoms with van der Waals surface area (Å²) >= 11 is 0. The topological polar surface area (TPSA) is 42.2 Å². The highest BCUT2D eigenvalue weighted by Crippen LogP contribution is 2.28. The Morgan fingerprint density at radius 2 is 1.65 bits per heavy atom. The minimum absolute atomic E-state index is 0.108. The van der Waals surface area contributed by atoms with Crippen molar-refractivity contribution in [1.82, 2.24) is 9.88 Å². The largest absolute Gasteiger partial charge is 0.326 e. The summed E-state index contributed by atoms with van der Waals surface area (Å²) in [6.45, 7) is 12.3. The predicted molar refractivity (Wildman–Crippen MR) is 86.5 cm³/mol. The summed E-state index contributed by atoms with van der Waals surface area (Å²) in [6, 6.07) is 5.16. The lowest BCUT2D eigenvalue weighted by atomic mass is 9.95. The quantitative estimate of drug-likeness (QED) is 0.789. The van der Waals surface area contributed by atoms with E-state index in [0.29, 0.717) is 12.0 Å². The van der Waals surface area contributed by atoms with Crippen LogP contribution in [0.4, 0.5) is 0 Å². The molecule has 114 valence electrons. The second kappa shape index (κ2) is 8.38. The lowest BCUT2D eigenvalue weighted by Crippen LogP contribution is -2.46. The van der Waals surface area contributed by atoms with E-state index in [9.17, 15) is 0 Å². The van der Waals surface area contributed by atoms with E-state index < -0.39 is 0 Å². The predicted octanol–water partition coefficient (Wildman–Crippen LogP) is 3.62. The zero-order chi connectivity index (χ0) is 15.1. The Kier molecular flexibility index (Phi) is 7.17. The van der Waals surface area contributed by atoms with Gasteiger partial charge in [-0.3, -0.25) is 9.88 Å². The van der Waals surface area contributed by atoms with Crippen LogP contribution >= 0.6 is 0 Å². The maximum Gasteiger partial charge on any atom is 0.0500 e. The van der Waals surface area contributed by atoms with Crippen LogP contribution in [0.5, 0.6) is 0 Å². The van der Waals surface area contributed by atoms with E-state index in [2.05, 4.69) is 56.6 Å². The van der Waals surface area contributed by atoms with Crippen molar-refractivity contribution in [1.29, 1.82) is 0 Å². The van der Waals surface area contributed by atoms with Crippen molar-refractivity contribution < 1.29 is 0 Å². The van der Waals surface area contributed by atoms with Crippen molar-refractivity contribution in [3.63, 3.8) is 0 Å². The minimum Gasteiger partial charge on any atom is -0.326 e. The lowest BCUT2D eigenvalue weighted by Gasteiger charge is -2.41. The minimum atomic E-state index is 0.108. The Balaban J connectivity index is 3.10. The van der Waals surface area contributed by atoms with Crippen molar-refractivity contribution in [2.24, 2.45) is 11.7 Å². The number of nitrogens with two attached hydrogens (primary N) is 1. The summed E-state index contributed by atoms with van der Waals surface area (Å²) in [6.07, 6.45) is 6.06. The van der Waals surface area contributed by atoms with Gasteiger partial charge in [-0.05, 0) is 43.4 Å². The molecular weight excluding hydrogens is 246 g/mol. The van der Waals surface area contributed by atoms with E-state index >= 15 is 0 Å². The third-order valence-electron chi connectivity index (χ3n) is 3.89. The molecule has 1 heterocycles. The van der Waals surface area contributed by atoms with Gasteiger partial charge in [0.2, 0.25) is 0 Å².